The van der Waals surface area contributed by atoms with E-state index in [4.69, 9.17) is 0 Å². The van der Waals surface area contributed by atoms with Crippen LogP contribution >= 0.6 is 0 Å². The summed E-state index contributed by atoms with van der Waals surface area (Å²) in [4.78, 5) is 13.0. The number of benzene rings is 2. The number of unbranched alkanes of at least 4 members (excludes halogenated alkanes) is 6. The molecule has 2 atom stereocenters. The Morgan fingerprint density at radius 2 is 1.03 bits per heavy atom. The van der Waals surface area contributed by atoms with Crippen LogP contribution in [-0.4, -0.2) is 6.03 Å². The van der Waals surface area contributed by atoms with Crippen LogP contribution in [0.4, 0.5) is 4.79 Å². The highest BCUT2D eigenvalue weighted by molar-refractivity contribution is 5.75. The Hall–Kier alpha value is -2.29. The van der Waals surface area contributed by atoms with Gasteiger partial charge in [0.05, 0.1) is 12.1 Å². The number of carbonyl (C=O) groups excluding carboxylic acids is 1. The molecule has 2 unspecified atom stereocenters. The summed E-state index contributed by atoms with van der Waals surface area (Å²) in [7, 11) is 0. The lowest BCUT2D eigenvalue weighted by Crippen LogP contribution is -2.40. The lowest BCUT2D eigenvalue weighted by molar-refractivity contribution is 0.231. The number of urea groups is 1. The van der Waals surface area contributed by atoms with Crippen LogP contribution in [0.2, 0.25) is 0 Å². The number of hydrogen-bond acceptors (Lipinski definition) is 1. The van der Waals surface area contributed by atoms with Crippen molar-refractivity contribution in [2.24, 2.45) is 0 Å². The van der Waals surface area contributed by atoms with Gasteiger partial charge in [0.1, 0.15) is 0 Å². The number of rotatable bonds is 14. The van der Waals surface area contributed by atoms with Crippen molar-refractivity contribution in [1.29, 1.82) is 0 Å². The standard InChI is InChI=1S/C27H40N2O/c1-3-5-7-15-21-25(23-17-11-9-12-18-23)28-27(30)29-26(22-16-8-6-4-2)24-19-13-10-14-20-24/h9-14,17-20,25-26H,3-8,15-16,21-22H2,1-2H3,(H2,28,29,30). The van der Waals surface area contributed by atoms with Gasteiger partial charge in [-0.25, -0.2) is 4.79 Å². The van der Waals surface area contributed by atoms with Crippen molar-refractivity contribution in [3.8, 4) is 0 Å². The van der Waals surface area contributed by atoms with Crippen molar-refractivity contribution in [2.45, 2.75) is 90.1 Å². The normalized spacial score (nSPS) is 12.9. The van der Waals surface area contributed by atoms with E-state index in [0.717, 1.165) is 25.7 Å². The highest BCUT2D eigenvalue weighted by atomic mass is 16.2. The maximum atomic E-state index is 13.0. The summed E-state index contributed by atoms with van der Waals surface area (Å²) in [6.07, 6.45) is 11.6. The van der Waals surface area contributed by atoms with Gasteiger partial charge in [-0.15, -0.1) is 0 Å². The first-order valence-electron chi connectivity index (χ1n) is 11.9. The third kappa shape index (κ3) is 9.02. The fourth-order valence-electron chi connectivity index (χ4n) is 3.92. The van der Waals surface area contributed by atoms with E-state index in [1.165, 1.54) is 49.7 Å². The van der Waals surface area contributed by atoms with Crippen LogP contribution in [-0.2, 0) is 0 Å². The minimum absolute atomic E-state index is 0.0552. The average molecular weight is 409 g/mol. The first-order valence-corrected chi connectivity index (χ1v) is 11.9. The van der Waals surface area contributed by atoms with E-state index in [9.17, 15) is 4.79 Å². The monoisotopic (exact) mass is 408 g/mol. The summed E-state index contributed by atoms with van der Waals surface area (Å²) in [5, 5.41) is 6.52. The van der Waals surface area contributed by atoms with Crippen LogP contribution in [0.1, 0.15) is 101 Å². The Morgan fingerprint density at radius 1 is 0.633 bits per heavy atom. The van der Waals surface area contributed by atoms with Crippen molar-refractivity contribution < 1.29 is 4.79 Å². The van der Waals surface area contributed by atoms with E-state index in [-0.39, 0.29) is 18.1 Å². The zero-order valence-electron chi connectivity index (χ0n) is 18.9. The predicted molar refractivity (Wildman–Crippen MR) is 128 cm³/mol. The van der Waals surface area contributed by atoms with Crippen molar-refractivity contribution in [3.63, 3.8) is 0 Å². The maximum absolute atomic E-state index is 13.0. The minimum atomic E-state index is -0.0660. The van der Waals surface area contributed by atoms with E-state index in [1.54, 1.807) is 0 Å². The third-order valence-electron chi connectivity index (χ3n) is 5.71. The fraction of sp³-hybridized carbons (Fsp3) is 0.519. The fourth-order valence-corrected chi connectivity index (χ4v) is 3.92. The Balaban J connectivity index is 2.00. The molecule has 3 nitrogen and oxygen atoms in total. The van der Waals surface area contributed by atoms with Crippen molar-refractivity contribution in [2.75, 3.05) is 0 Å². The summed E-state index contributed by atoms with van der Waals surface area (Å²) in [5.41, 5.74) is 2.37. The van der Waals surface area contributed by atoms with E-state index >= 15 is 0 Å². The zero-order valence-corrected chi connectivity index (χ0v) is 18.9. The number of hydrogen-bond donors (Lipinski definition) is 2. The van der Waals surface area contributed by atoms with Gasteiger partial charge in [-0.1, -0.05) is 126 Å². The van der Waals surface area contributed by atoms with Crippen LogP contribution < -0.4 is 10.6 Å². The molecular weight excluding hydrogens is 368 g/mol. The molecule has 164 valence electrons. The van der Waals surface area contributed by atoms with Crippen LogP contribution in [0.15, 0.2) is 60.7 Å². The topological polar surface area (TPSA) is 41.1 Å². The first kappa shape index (κ1) is 24.0. The lowest BCUT2D eigenvalue weighted by atomic mass is 9.99. The number of amides is 2. The molecule has 0 aliphatic heterocycles. The number of nitrogens with one attached hydrogen (secondary N) is 2. The highest BCUT2D eigenvalue weighted by Gasteiger charge is 2.18. The van der Waals surface area contributed by atoms with Gasteiger partial charge in [0, 0.05) is 0 Å². The van der Waals surface area contributed by atoms with Gasteiger partial charge in [0.15, 0.2) is 0 Å². The first-order chi connectivity index (χ1) is 14.7. The van der Waals surface area contributed by atoms with Gasteiger partial charge in [-0.05, 0) is 24.0 Å². The molecule has 0 aromatic heterocycles. The molecular formula is C27H40N2O. The molecule has 0 fully saturated rings. The van der Waals surface area contributed by atoms with Gasteiger partial charge in [-0.3, -0.25) is 0 Å². The second kappa shape index (κ2) is 14.7. The molecule has 0 heterocycles. The molecule has 0 aliphatic rings. The molecule has 2 aromatic carbocycles. The molecule has 0 aliphatic carbocycles. The molecule has 0 bridgehead atoms. The Kier molecular flexibility index (Phi) is 11.7. The molecule has 0 radical (unpaired) electrons. The van der Waals surface area contributed by atoms with Crippen LogP contribution in [0.5, 0.6) is 0 Å². The molecule has 2 N–H and O–H groups in total. The highest BCUT2D eigenvalue weighted by Crippen LogP contribution is 2.22. The third-order valence-corrected chi connectivity index (χ3v) is 5.71. The lowest BCUT2D eigenvalue weighted by Gasteiger charge is -2.24. The van der Waals surface area contributed by atoms with Gasteiger partial charge in [0.2, 0.25) is 0 Å². The molecule has 3 heteroatoms. The SMILES string of the molecule is CCCCCCC(NC(=O)NC(CCCCCC)c1ccccc1)c1ccccc1. The molecule has 0 spiro atoms. The Morgan fingerprint density at radius 3 is 1.40 bits per heavy atom. The summed E-state index contributed by atoms with van der Waals surface area (Å²) >= 11 is 0. The molecule has 0 saturated carbocycles. The zero-order chi connectivity index (χ0) is 21.4. The second-order valence-electron chi connectivity index (χ2n) is 8.24. The van der Waals surface area contributed by atoms with Gasteiger partial charge >= 0.3 is 6.03 Å². The molecule has 2 aromatic rings. The summed E-state index contributed by atoms with van der Waals surface area (Å²) in [5.74, 6) is 0. The molecule has 2 amide bonds. The second-order valence-corrected chi connectivity index (χ2v) is 8.24. The van der Waals surface area contributed by atoms with Crippen molar-refractivity contribution in [1.82, 2.24) is 10.6 Å². The average Bonchev–Trinajstić information content (AvgIpc) is 2.79. The molecule has 30 heavy (non-hydrogen) atoms. The van der Waals surface area contributed by atoms with Gasteiger partial charge in [0.25, 0.3) is 0 Å². The smallest absolute Gasteiger partial charge is 0.315 e. The van der Waals surface area contributed by atoms with Gasteiger partial charge in [-0.2, -0.15) is 0 Å². The predicted octanol–water partition coefficient (Wildman–Crippen LogP) is 7.71. The Labute approximate surface area is 183 Å². The van der Waals surface area contributed by atoms with Crippen LogP contribution in [0.25, 0.3) is 0 Å². The Bertz CT molecular complexity index is 627. The largest absolute Gasteiger partial charge is 0.331 e. The van der Waals surface area contributed by atoms with E-state index in [0.29, 0.717) is 0 Å². The molecule has 2 rings (SSSR count). The minimum Gasteiger partial charge on any atom is -0.331 e. The van der Waals surface area contributed by atoms with Gasteiger partial charge < -0.3 is 10.6 Å². The quantitative estimate of drug-likeness (QED) is 0.309. The van der Waals surface area contributed by atoms with E-state index in [2.05, 4.69) is 73.0 Å². The molecule has 0 saturated heterocycles. The van der Waals surface area contributed by atoms with Crippen molar-refractivity contribution in [3.05, 3.63) is 71.8 Å². The summed E-state index contributed by atoms with van der Waals surface area (Å²) in [6, 6.07) is 20.8. The van der Waals surface area contributed by atoms with Crippen LogP contribution in [0.3, 0.4) is 0 Å². The number of carbonyl (C=O) groups is 1. The maximum Gasteiger partial charge on any atom is 0.315 e. The summed E-state index contributed by atoms with van der Waals surface area (Å²) in [6.45, 7) is 4.45. The van der Waals surface area contributed by atoms with E-state index < -0.39 is 0 Å². The summed E-state index contributed by atoms with van der Waals surface area (Å²) < 4.78 is 0. The van der Waals surface area contributed by atoms with Crippen LogP contribution in [0, 0.1) is 0 Å². The van der Waals surface area contributed by atoms with E-state index in [1.807, 2.05) is 12.1 Å². The van der Waals surface area contributed by atoms with Crippen molar-refractivity contribution >= 4 is 6.03 Å².